The molecule has 0 unspecified atom stereocenters. The van der Waals surface area contributed by atoms with Crippen LogP contribution in [0.2, 0.25) is 0 Å². The van der Waals surface area contributed by atoms with Gasteiger partial charge >= 0.3 is 17.1 Å². The molecule has 0 spiro atoms. The van der Waals surface area contributed by atoms with E-state index in [1.165, 1.54) is 13.8 Å². The van der Waals surface area contributed by atoms with Crippen molar-refractivity contribution in [2.24, 2.45) is 5.73 Å². The van der Waals surface area contributed by atoms with Gasteiger partial charge in [0.25, 0.3) is 0 Å². The first-order chi connectivity index (χ1) is 9.26. The number of rotatable bonds is 3. The van der Waals surface area contributed by atoms with Crippen LogP contribution in [0.4, 0.5) is 0 Å². The van der Waals surface area contributed by atoms with E-state index in [1.807, 2.05) is 0 Å². The van der Waals surface area contributed by atoms with E-state index in [0.29, 0.717) is 11.0 Å². The third kappa shape index (κ3) is 2.01. The number of aromatic nitrogens is 2. The standard InChI is InChI=1S/C13H15N3O4/c1-13(2,9(14)12(19)20)16-8-6-4-3-5-7(8)15-10(17)11(16)18/h3-6,9H,14H2,1-2H3,(H,15,17)(H,19,20)/t9-/m1/s1. The van der Waals surface area contributed by atoms with E-state index in [4.69, 9.17) is 10.8 Å². The lowest BCUT2D eigenvalue weighted by Gasteiger charge is -2.32. The Hall–Kier alpha value is -2.41. The minimum absolute atomic E-state index is 0.429. The van der Waals surface area contributed by atoms with Crippen molar-refractivity contribution in [3.63, 3.8) is 0 Å². The van der Waals surface area contributed by atoms with Crippen molar-refractivity contribution in [2.45, 2.75) is 25.4 Å². The molecule has 0 saturated heterocycles. The van der Waals surface area contributed by atoms with E-state index in [-0.39, 0.29) is 0 Å². The van der Waals surface area contributed by atoms with Crippen molar-refractivity contribution in [1.82, 2.24) is 9.55 Å². The van der Waals surface area contributed by atoms with Gasteiger partial charge in [0.2, 0.25) is 0 Å². The molecule has 1 atom stereocenters. The number of aliphatic carboxylic acids is 1. The van der Waals surface area contributed by atoms with Crippen LogP contribution in [0.15, 0.2) is 33.9 Å². The molecule has 0 bridgehead atoms. The Balaban J connectivity index is 2.89. The van der Waals surface area contributed by atoms with Gasteiger partial charge in [0.1, 0.15) is 6.04 Å². The molecule has 0 aliphatic rings. The smallest absolute Gasteiger partial charge is 0.322 e. The number of para-hydroxylation sites is 2. The highest BCUT2D eigenvalue weighted by Gasteiger charge is 2.36. The number of nitrogens with zero attached hydrogens (tertiary/aromatic N) is 1. The lowest BCUT2D eigenvalue weighted by Crippen LogP contribution is -2.56. The quantitative estimate of drug-likeness (QED) is 0.673. The number of fused-ring (bicyclic) bond motifs is 1. The van der Waals surface area contributed by atoms with Gasteiger partial charge in [-0.2, -0.15) is 0 Å². The number of carboxylic acids is 1. The molecule has 0 amide bonds. The number of carboxylic acid groups (broad SMARTS) is 1. The number of hydrogen-bond acceptors (Lipinski definition) is 4. The van der Waals surface area contributed by atoms with Gasteiger partial charge < -0.3 is 15.8 Å². The van der Waals surface area contributed by atoms with Gasteiger partial charge in [-0.05, 0) is 26.0 Å². The monoisotopic (exact) mass is 277 g/mol. The van der Waals surface area contributed by atoms with Gasteiger partial charge in [-0.3, -0.25) is 19.0 Å². The van der Waals surface area contributed by atoms with Crippen LogP contribution >= 0.6 is 0 Å². The first-order valence-electron chi connectivity index (χ1n) is 5.99. The summed E-state index contributed by atoms with van der Waals surface area (Å²) in [6.45, 7) is 3.03. The van der Waals surface area contributed by atoms with Crippen LogP contribution in [0.3, 0.4) is 0 Å². The highest BCUT2D eigenvalue weighted by atomic mass is 16.4. The Kier molecular flexibility index (Phi) is 3.23. The zero-order chi connectivity index (χ0) is 15.1. The van der Waals surface area contributed by atoms with E-state index in [2.05, 4.69) is 4.98 Å². The topological polar surface area (TPSA) is 118 Å². The molecule has 2 aromatic rings. The molecule has 0 fully saturated rings. The van der Waals surface area contributed by atoms with Gasteiger partial charge in [-0.15, -0.1) is 0 Å². The maximum Gasteiger partial charge on any atom is 0.322 e. The number of carbonyl (C=O) groups is 1. The summed E-state index contributed by atoms with van der Waals surface area (Å²) in [7, 11) is 0. The lowest BCUT2D eigenvalue weighted by molar-refractivity contribution is -0.140. The first kappa shape index (κ1) is 14.0. The maximum atomic E-state index is 12.1. The summed E-state index contributed by atoms with van der Waals surface area (Å²) in [6, 6.07) is 5.33. The molecule has 0 aliphatic heterocycles. The largest absolute Gasteiger partial charge is 0.480 e. The molecule has 20 heavy (non-hydrogen) atoms. The van der Waals surface area contributed by atoms with Crippen molar-refractivity contribution >= 4 is 17.0 Å². The average molecular weight is 277 g/mol. The third-order valence-electron chi connectivity index (χ3n) is 3.39. The fraction of sp³-hybridized carbons (Fsp3) is 0.308. The van der Waals surface area contributed by atoms with Gasteiger partial charge in [-0.1, -0.05) is 12.1 Å². The second-order valence-electron chi connectivity index (χ2n) is 5.08. The number of hydrogen-bond donors (Lipinski definition) is 3. The molecular weight excluding hydrogens is 262 g/mol. The third-order valence-corrected chi connectivity index (χ3v) is 3.39. The van der Waals surface area contributed by atoms with Crippen molar-refractivity contribution in [3.8, 4) is 0 Å². The Labute approximate surface area is 113 Å². The van der Waals surface area contributed by atoms with Crippen LogP contribution < -0.4 is 16.9 Å². The van der Waals surface area contributed by atoms with E-state index in [0.717, 1.165) is 4.57 Å². The number of nitrogens with one attached hydrogen (secondary N) is 1. The van der Waals surface area contributed by atoms with E-state index >= 15 is 0 Å². The summed E-state index contributed by atoms with van der Waals surface area (Å²) in [5.41, 5.74) is 3.65. The van der Waals surface area contributed by atoms with Gasteiger partial charge in [0, 0.05) is 0 Å². The van der Waals surface area contributed by atoms with Gasteiger partial charge in [0.15, 0.2) is 0 Å². The predicted octanol–water partition coefficient (Wildman–Crippen LogP) is -0.163. The summed E-state index contributed by atoms with van der Waals surface area (Å²) in [4.78, 5) is 37.4. The van der Waals surface area contributed by atoms with Crippen molar-refractivity contribution in [2.75, 3.05) is 0 Å². The van der Waals surface area contributed by atoms with Gasteiger partial charge in [0.05, 0.1) is 16.6 Å². The summed E-state index contributed by atoms with van der Waals surface area (Å²) in [5, 5.41) is 9.08. The molecule has 1 aromatic heterocycles. The minimum atomic E-state index is -1.33. The van der Waals surface area contributed by atoms with Crippen LogP contribution in [0.25, 0.3) is 11.0 Å². The molecule has 0 saturated carbocycles. The Bertz CT molecular complexity index is 788. The Morgan fingerprint density at radius 1 is 1.35 bits per heavy atom. The van der Waals surface area contributed by atoms with Crippen LogP contribution in [0.1, 0.15) is 13.8 Å². The molecule has 7 nitrogen and oxygen atoms in total. The number of benzene rings is 1. The van der Waals surface area contributed by atoms with Gasteiger partial charge in [-0.25, -0.2) is 0 Å². The highest BCUT2D eigenvalue weighted by Crippen LogP contribution is 2.21. The molecule has 106 valence electrons. The first-order valence-corrected chi connectivity index (χ1v) is 5.99. The Morgan fingerprint density at radius 3 is 2.55 bits per heavy atom. The fourth-order valence-electron chi connectivity index (χ4n) is 2.17. The summed E-state index contributed by atoms with van der Waals surface area (Å²) < 4.78 is 1.14. The second kappa shape index (κ2) is 4.61. The zero-order valence-corrected chi connectivity index (χ0v) is 11.1. The molecule has 0 radical (unpaired) electrons. The highest BCUT2D eigenvalue weighted by molar-refractivity contribution is 5.77. The molecule has 1 aromatic carbocycles. The SMILES string of the molecule is CC(C)([C@H](N)C(=O)O)n1c(=O)c(=O)[nH]c2ccccc21. The van der Waals surface area contributed by atoms with Crippen LogP contribution in [-0.4, -0.2) is 26.7 Å². The molecule has 0 aliphatic carbocycles. The Morgan fingerprint density at radius 2 is 1.95 bits per heavy atom. The number of H-pyrrole nitrogens is 1. The summed E-state index contributed by atoms with van der Waals surface area (Å²) in [6.07, 6.45) is 0. The molecule has 1 heterocycles. The van der Waals surface area contributed by atoms with Crippen molar-refractivity contribution in [1.29, 1.82) is 0 Å². The molecule has 2 rings (SSSR count). The van der Waals surface area contributed by atoms with E-state index < -0.39 is 28.7 Å². The van der Waals surface area contributed by atoms with Crippen molar-refractivity contribution < 1.29 is 9.90 Å². The van der Waals surface area contributed by atoms with E-state index in [9.17, 15) is 14.4 Å². The van der Waals surface area contributed by atoms with Crippen LogP contribution in [-0.2, 0) is 10.3 Å². The lowest BCUT2D eigenvalue weighted by atomic mass is 9.94. The number of nitrogens with two attached hydrogens (primary N) is 1. The minimum Gasteiger partial charge on any atom is -0.480 e. The summed E-state index contributed by atoms with van der Waals surface area (Å²) in [5.74, 6) is -1.24. The molecule has 7 heteroatoms. The van der Waals surface area contributed by atoms with Crippen LogP contribution in [0, 0.1) is 0 Å². The maximum absolute atomic E-state index is 12.1. The normalized spacial score (nSPS) is 13.3. The molecule has 4 N–H and O–H groups in total. The predicted molar refractivity (Wildman–Crippen MR) is 73.8 cm³/mol. The van der Waals surface area contributed by atoms with E-state index in [1.54, 1.807) is 24.3 Å². The fourth-order valence-corrected chi connectivity index (χ4v) is 2.17. The molecular formula is C13H15N3O4. The second-order valence-corrected chi connectivity index (χ2v) is 5.08. The summed E-state index contributed by atoms with van der Waals surface area (Å²) >= 11 is 0. The zero-order valence-electron chi connectivity index (χ0n) is 11.1. The van der Waals surface area contributed by atoms with Crippen LogP contribution in [0.5, 0.6) is 0 Å². The number of aromatic amines is 1. The average Bonchev–Trinajstić information content (AvgIpc) is 2.38. The van der Waals surface area contributed by atoms with Crippen molar-refractivity contribution in [3.05, 3.63) is 45.0 Å².